The van der Waals surface area contributed by atoms with E-state index < -0.39 is 0 Å². The van der Waals surface area contributed by atoms with Gasteiger partial charge in [-0.2, -0.15) is 0 Å². The molecule has 0 bridgehead atoms. The van der Waals surface area contributed by atoms with Gasteiger partial charge in [0.05, 0.1) is 32.1 Å². The van der Waals surface area contributed by atoms with Crippen LogP contribution in [0.5, 0.6) is 0 Å². The van der Waals surface area contributed by atoms with Crippen molar-refractivity contribution in [3.05, 3.63) is 11.9 Å². The van der Waals surface area contributed by atoms with Crippen LogP contribution in [0.1, 0.15) is 25.0 Å². The summed E-state index contributed by atoms with van der Waals surface area (Å²) >= 11 is 0. The van der Waals surface area contributed by atoms with E-state index in [1.54, 1.807) is 4.68 Å². The van der Waals surface area contributed by atoms with Crippen molar-refractivity contribution in [2.75, 3.05) is 13.2 Å². The fraction of sp³-hybridized carbons (Fsp3) is 0.818. The SMILES string of the molecule is OCCn1cc(CO[C@H]2CNC3(CC3)C2)nn1. The second-order valence-electron chi connectivity index (χ2n) is 4.99. The molecule has 6 heteroatoms. The standard InChI is InChI=1S/C11H18N4O2/c16-4-3-15-7-9(13-14-15)8-17-10-5-11(1-2-11)12-6-10/h7,10,12,16H,1-6,8H2/t10-/m1/s1. The van der Waals surface area contributed by atoms with Crippen molar-refractivity contribution >= 4 is 0 Å². The van der Waals surface area contributed by atoms with Crippen molar-refractivity contribution in [1.29, 1.82) is 0 Å². The molecule has 0 aromatic carbocycles. The van der Waals surface area contributed by atoms with E-state index in [4.69, 9.17) is 9.84 Å². The van der Waals surface area contributed by atoms with Crippen LogP contribution in [0.4, 0.5) is 0 Å². The zero-order chi connectivity index (χ0) is 11.7. The van der Waals surface area contributed by atoms with E-state index in [9.17, 15) is 0 Å². The lowest BCUT2D eigenvalue weighted by Crippen LogP contribution is -2.22. The van der Waals surface area contributed by atoms with E-state index in [0.717, 1.165) is 18.7 Å². The molecule has 1 spiro atoms. The van der Waals surface area contributed by atoms with Gasteiger partial charge in [-0.05, 0) is 19.3 Å². The number of rotatable bonds is 5. The molecule has 2 heterocycles. The molecule has 1 saturated carbocycles. The largest absolute Gasteiger partial charge is 0.394 e. The Kier molecular flexibility index (Phi) is 2.85. The average molecular weight is 238 g/mol. The van der Waals surface area contributed by atoms with Crippen LogP contribution >= 0.6 is 0 Å². The van der Waals surface area contributed by atoms with Crippen LogP contribution in [0.2, 0.25) is 0 Å². The minimum Gasteiger partial charge on any atom is -0.394 e. The lowest BCUT2D eigenvalue weighted by Gasteiger charge is -2.08. The molecule has 2 fully saturated rings. The number of hydrogen-bond acceptors (Lipinski definition) is 5. The summed E-state index contributed by atoms with van der Waals surface area (Å²) < 4.78 is 7.45. The van der Waals surface area contributed by atoms with Crippen molar-refractivity contribution in [2.24, 2.45) is 0 Å². The number of aromatic nitrogens is 3. The molecule has 0 unspecified atom stereocenters. The van der Waals surface area contributed by atoms with Crippen LogP contribution in [-0.2, 0) is 17.9 Å². The highest BCUT2D eigenvalue weighted by molar-refractivity contribution is 5.08. The minimum atomic E-state index is 0.0821. The minimum absolute atomic E-state index is 0.0821. The van der Waals surface area contributed by atoms with Crippen LogP contribution in [0.25, 0.3) is 0 Å². The number of aliphatic hydroxyl groups is 1. The third kappa shape index (κ3) is 2.48. The van der Waals surface area contributed by atoms with Gasteiger partial charge in [-0.15, -0.1) is 5.10 Å². The second kappa shape index (κ2) is 4.36. The fourth-order valence-corrected chi connectivity index (χ4v) is 2.38. The Bertz CT molecular complexity index is 389. The molecule has 0 amide bonds. The third-order valence-electron chi connectivity index (χ3n) is 3.56. The van der Waals surface area contributed by atoms with E-state index in [0.29, 0.717) is 24.8 Å². The molecule has 2 N–H and O–H groups in total. The van der Waals surface area contributed by atoms with Crippen molar-refractivity contribution in [3.8, 4) is 0 Å². The van der Waals surface area contributed by atoms with Gasteiger partial charge in [-0.25, -0.2) is 4.68 Å². The predicted octanol–water partition coefficient (Wildman–Crippen LogP) is -0.319. The van der Waals surface area contributed by atoms with Gasteiger partial charge in [0.15, 0.2) is 0 Å². The zero-order valence-electron chi connectivity index (χ0n) is 9.80. The van der Waals surface area contributed by atoms with Crippen LogP contribution in [0.15, 0.2) is 6.20 Å². The summed E-state index contributed by atoms with van der Waals surface area (Å²) in [5.41, 5.74) is 1.24. The van der Waals surface area contributed by atoms with Gasteiger partial charge in [0.1, 0.15) is 5.69 Å². The first-order chi connectivity index (χ1) is 8.30. The fourth-order valence-electron chi connectivity index (χ4n) is 2.38. The maximum absolute atomic E-state index is 8.77. The first kappa shape index (κ1) is 11.1. The molecule has 1 saturated heterocycles. The molecular weight excluding hydrogens is 220 g/mol. The highest BCUT2D eigenvalue weighted by Gasteiger charge is 2.48. The Morgan fingerprint density at radius 2 is 2.47 bits per heavy atom. The van der Waals surface area contributed by atoms with E-state index in [1.807, 2.05) is 6.20 Å². The van der Waals surface area contributed by atoms with Gasteiger partial charge in [-0.3, -0.25) is 0 Å². The van der Waals surface area contributed by atoms with Gasteiger partial charge < -0.3 is 15.2 Å². The van der Waals surface area contributed by atoms with Gasteiger partial charge in [-0.1, -0.05) is 5.21 Å². The zero-order valence-corrected chi connectivity index (χ0v) is 9.80. The maximum atomic E-state index is 8.77. The summed E-state index contributed by atoms with van der Waals surface area (Å²) in [6.07, 6.45) is 5.84. The normalized spacial score (nSPS) is 25.6. The summed E-state index contributed by atoms with van der Waals surface area (Å²) in [7, 11) is 0. The van der Waals surface area contributed by atoms with E-state index in [2.05, 4.69) is 15.6 Å². The first-order valence-electron chi connectivity index (χ1n) is 6.16. The maximum Gasteiger partial charge on any atom is 0.108 e. The number of nitrogens with one attached hydrogen (secondary N) is 1. The Morgan fingerprint density at radius 1 is 1.59 bits per heavy atom. The second-order valence-corrected chi connectivity index (χ2v) is 4.99. The van der Waals surface area contributed by atoms with Gasteiger partial charge in [0.25, 0.3) is 0 Å². The van der Waals surface area contributed by atoms with Crippen molar-refractivity contribution in [2.45, 2.75) is 44.1 Å². The van der Waals surface area contributed by atoms with E-state index in [1.165, 1.54) is 12.8 Å². The summed E-state index contributed by atoms with van der Waals surface area (Å²) in [5, 5.41) is 20.2. The number of ether oxygens (including phenoxy) is 1. The molecule has 1 aromatic rings. The number of hydrogen-bond donors (Lipinski definition) is 2. The highest BCUT2D eigenvalue weighted by atomic mass is 16.5. The Morgan fingerprint density at radius 3 is 3.18 bits per heavy atom. The predicted molar refractivity (Wildman–Crippen MR) is 60.3 cm³/mol. The summed E-state index contributed by atoms with van der Waals surface area (Å²) in [5.74, 6) is 0. The molecule has 1 atom stereocenters. The van der Waals surface area contributed by atoms with Crippen molar-refractivity contribution in [1.82, 2.24) is 20.3 Å². The van der Waals surface area contributed by atoms with Gasteiger partial charge in [0.2, 0.25) is 0 Å². The Labute approximate surface area is 100.0 Å². The molecule has 3 rings (SSSR count). The van der Waals surface area contributed by atoms with Crippen LogP contribution in [-0.4, -0.2) is 44.9 Å². The molecule has 1 aromatic heterocycles. The summed E-state index contributed by atoms with van der Waals surface area (Å²) in [6, 6.07) is 0. The molecule has 17 heavy (non-hydrogen) atoms. The lowest BCUT2D eigenvalue weighted by atomic mass is 10.2. The van der Waals surface area contributed by atoms with Gasteiger partial charge >= 0.3 is 0 Å². The molecule has 1 aliphatic carbocycles. The Hall–Kier alpha value is -0.980. The molecule has 0 radical (unpaired) electrons. The summed E-state index contributed by atoms with van der Waals surface area (Å²) in [6.45, 7) is 2.03. The van der Waals surface area contributed by atoms with Crippen LogP contribution in [0.3, 0.4) is 0 Å². The molecule has 94 valence electrons. The van der Waals surface area contributed by atoms with Crippen molar-refractivity contribution in [3.63, 3.8) is 0 Å². The quantitative estimate of drug-likeness (QED) is 0.735. The monoisotopic (exact) mass is 238 g/mol. The number of aliphatic hydroxyl groups excluding tert-OH is 1. The molecule has 1 aliphatic heterocycles. The molecular formula is C11H18N4O2. The average Bonchev–Trinajstić information content (AvgIpc) is 2.74. The first-order valence-corrected chi connectivity index (χ1v) is 6.16. The third-order valence-corrected chi connectivity index (χ3v) is 3.56. The van der Waals surface area contributed by atoms with Crippen LogP contribution < -0.4 is 5.32 Å². The van der Waals surface area contributed by atoms with E-state index in [-0.39, 0.29) is 6.61 Å². The van der Waals surface area contributed by atoms with Crippen LogP contribution in [0, 0.1) is 0 Å². The topological polar surface area (TPSA) is 72.2 Å². The highest BCUT2D eigenvalue weighted by Crippen LogP contribution is 2.43. The molecule has 6 nitrogen and oxygen atoms in total. The van der Waals surface area contributed by atoms with Crippen molar-refractivity contribution < 1.29 is 9.84 Å². The number of nitrogens with zero attached hydrogens (tertiary/aromatic N) is 3. The Balaban J connectivity index is 1.46. The molecule has 2 aliphatic rings. The lowest BCUT2D eigenvalue weighted by molar-refractivity contribution is 0.0500. The van der Waals surface area contributed by atoms with E-state index >= 15 is 0 Å². The smallest absolute Gasteiger partial charge is 0.108 e. The van der Waals surface area contributed by atoms with Gasteiger partial charge in [0, 0.05) is 12.1 Å². The summed E-state index contributed by atoms with van der Waals surface area (Å²) in [4.78, 5) is 0.